The van der Waals surface area contributed by atoms with Crippen LogP contribution in [0.15, 0.2) is 24.3 Å². The largest absolute Gasteiger partial charge is 0.383 e. The van der Waals surface area contributed by atoms with Gasteiger partial charge >= 0.3 is 0 Å². The Kier molecular flexibility index (Phi) is 5.23. The van der Waals surface area contributed by atoms with Crippen LogP contribution in [0.25, 0.3) is 0 Å². The van der Waals surface area contributed by atoms with Crippen molar-refractivity contribution in [3.8, 4) is 0 Å². The number of ether oxygens (including phenoxy) is 1. The summed E-state index contributed by atoms with van der Waals surface area (Å²) in [6.45, 7) is 7.43. The first-order valence-corrected chi connectivity index (χ1v) is 7.32. The highest BCUT2D eigenvalue weighted by atomic mass is 16.5. The van der Waals surface area contributed by atoms with Crippen molar-refractivity contribution in [3.63, 3.8) is 0 Å². The van der Waals surface area contributed by atoms with Gasteiger partial charge in [0.1, 0.15) is 0 Å². The van der Waals surface area contributed by atoms with Gasteiger partial charge in [0, 0.05) is 38.0 Å². The van der Waals surface area contributed by atoms with E-state index in [1.165, 1.54) is 17.7 Å². The zero-order valence-electron chi connectivity index (χ0n) is 12.4. The topological polar surface area (TPSA) is 24.5 Å². The summed E-state index contributed by atoms with van der Waals surface area (Å²) < 4.78 is 5.27. The molecular formula is C16H26N2O. The van der Waals surface area contributed by atoms with Crippen molar-refractivity contribution in [2.75, 3.05) is 32.1 Å². The lowest BCUT2D eigenvalue weighted by Gasteiger charge is -2.39. The number of rotatable bonds is 6. The number of benzene rings is 1. The molecule has 1 N–H and O–H groups in total. The number of hydrogen-bond donors (Lipinski definition) is 1. The fourth-order valence-corrected chi connectivity index (χ4v) is 2.85. The third-order valence-corrected chi connectivity index (χ3v) is 4.18. The highest BCUT2D eigenvalue weighted by Crippen LogP contribution is 2.24. The van der Waals surface area contributed by atoms with Gasteiger partial charge < -0.3 is 10.1 Å². The second kappa shape index (κ2) is 6.92. The second-order valence-electron chi connectivity index (χ2n) is 5.38. The molecule has 1 heterocycles. The van der Waals surface area contributed by atoms with Crippen LogP contribution in [0.2, 0.25) is 0 Å². The van der Waals surface area contributed by atoms with E-state index >= 15 is 0 Å². The number of fused-ring (bicyclic) bond motifs is 1. The van der Waals surface area contributed by atoms with E-state index in [0.717, 1.165) is 26.1 Å². The number of hydrogen-bond acceptors (Lipinski definition) is 3. The van der Waals surface area contributed by atoms with Gasteiger partial charge in [-0.15, -0.1) is 0 Å². The molecule has 1 aromatic rings. The first-order valence-electron chi connectivity index (χ1n) is 7.32. The first-order chi connectivity index (χ1) is 9.26. The normalized spacial score (nSPS) is 19.9. The zero-order valence-corrected chi connectivity index (χ0v) is 12.4. The van der Waals surface area contributed by atoms with E-state index in [2.05, 4.69) is 48.3 Å². The van der Waals surface area contributed by atoms with Gasteiger partial charge in [-0.3, -0.25) is 4.90 Å². The molecule has 0 amide bonds. The molecule has 19 heavy (non-hydrogen) atoms. The van der Waals surface area contributed by atoms with Crippen LogP contribution < -0.4 is 5.32 Å². The number of methoxy groups -OCH3 is 1. The molecule has 1 aromatic carbocycles. The molecule has 0 saturated carbocycles. The number of nitrogens with one attached hydrogen (secondary N) is 1. The SMILES string of the molecule is CCC(C)N(CCOC)C1CNc2ccccc2C1. The van der Waals surface area contributed by atoms with E-state index in [1.807, 2.05) is 0 Å². The molecule has 2 unspecified atom stereocenters. The molecule has 2 atom stereocenters. The molecule has 0 saturated heterocycles. The second-order valence-corrected chi connectivity index (χ2v) is 5.38. The summed E-state index contributed by atoms with van der Waals surface area (Å²) >= 11 is 0. The quantitative estimate of drug-likeness (QED) is 0.853. The van der Waals surface area contributed by atoms with Crippen LogP contribution >= 0.6 is 0 Å². The molecule has 0 bridgehead atoms. The fraction of sp³-hybridized carbons (Fsp3) is 0.625. The van der Waals surface area contributed by atoms with E-state index in [9.17, 15) is 0 Å². The zero-order chi connectivity index (χ0) is 13.7. The smallest absolute Gasteiger partial charge is 0.0589 e. The van der Waals surface area contributed by atoms with Crippen molar-refractivity contribution in [3.05, 3.63) is 29.8 Å². The Balaban J connectivity index is 2.07. The van der Waals surface area contributed by atoms with Crippen LogP contribution in [0.1, 0.15) is 25.8 Å². The van der Waals surface area contributed by atoms with Crippen molar-refractivity contribution in [2.45, 2.75) is 38.8 Å². The Labute approximate surface area is 116 Å². The molecule has 0 fully saturated rings. The number of para-hydroxylation sites is 1. The average Bonchev–Trinajstić information content (AvgIpc) is 2.47. The number of anilines is 1. The third kappa shape index (κ3) is 3.48. The van der Waals surface area contributed by atoms with Gasteiger partial charge in [-0.1, -0.05) is 25.1 Å². The molecule has 3 heteroatoms. The van der Waals surface area contributed by atoms with Crippen molar-refractivity contribution < 1.29 is 4.74 Å². The summed E-state index contributed by atoms with van der Waals surface area (Å²) in [7, 11) is 1.78. The maximum absolute atomic E-state index is 5.27. The van der Waals surface area contributed by atoms with Crippen molar-refractivity contribution >= 4 is 5.69 Å². The van der Waals surface area contributed by atoms with Crippen molar-refractivity contribution in [1.29, 1.82) is 0 Å². The van der Waals surface area contributed by atoms with Gasteiger partial charge in [-0.05, 0) is 31.4 Å². The molecule has 3 nitrogen and oxygen atoms in total. The Hall–Kier alpha value is -1.06. The van der Waals surface area contributed by atoms with Crippen LogP contribution in [-0.2, 0) is 11.2 Å². The van der Waals surface area contributed by atoms with Gasteiger partial charge in [0.2, 0.25) is 0 Å². The summed E-state index contributed by atoms with van der Waals surface area (Å²) in [5.74, 6) is 0. The van der Waals surface area contributed by atoms with Gasteiger partial charge in [0.05, 0.1) is 6.61 Å². The summed E-state index contributed by atoms with van der Waals surface area (Å²) in [4.78, 5) is 2.59. The minimum absolute atomic E-state index is 0.569. The lowest BCUT2D eigenvalue weighted by atomic mass is 9.97. The molecule has 0 spiro atoms. The van der Waals surface area contributed by atoms with E-state index in [4.69, 9.17) is 4.74 Å². The summed E-state index contributed by atoms with van der Waals surface area (Å²) in [5, 5.41) is 3.57. The highest BCUT2D eigenvalue weighted by molar-refractivity contribution is 5.53. The van der Waals surface area contributed by atoms with E-state index in [0.29, 0.717) is 12.1 Å². The molecule has 2 rings (SSSR count). The Morgan fingerprint density at radius 2 is 2.21 bits per heavy atom. The molecular weight excluding hydrogens is 236 g/mol. The van der Waals surface area contributed by atoms with Crippen LogP contribution in [0, 0.1) is 0 Å². The lowest BCUT2D eigenvalue weighted by Crippen LogP contribution is -2.49. The summed E-state index contributed by atoms with van der Waals surface area (Å²) in [6, 6.07) is 9.82. The van der Waals surface area contributed by atoms with Gasteiger partial charge in [-0.25, -0.2) is 0 Å². The maximum Gasteiger partial charge on any atom is 0.0589 e. The molecule has 0 aromatic heterocycles. The minimum atomic E-state index is 0.569. The molecule has 1 aliphatic heterocycles. The third-order valence-electron chi connectivity index (χ3n) is 4.18. The molecule has 1 aliphatic rings. The molecule has 0 radical (unpaired) electrons. The fourth-order valence-electron chi connectivity index (χ4n) is 2.85. The number of nitrogens with zero attached hydrogens (tertiary/aromatic N) is 1. The van der Waals surface area contributed by atoms with Crippen LogP contribution in [0.5, 0.6) is 0 Å². The Bertz CT molecular complexity index is 394. The molecule has 106 valence electrons. The van der Waals surface area contributed by atoms with E-state index < -0.39 is 0 Å². The van der Waals surface area contributed by atoms with Gasteiger partial charge in [0.15, 0.2) is 0 Å². The standard InChI is InChI=1S/C16H26N2O/c1-4-13(2)18(9-10-19-3)15-11-14-7-5-6-8-16(14)17-12-15/h5-8,13,15,17H,4,9-12H2,1-3H3. The Morgan fingerprint density at radius 3 is 2.95 bits per heavy atom. The lowest BCUT2D eigenvalue weighted by molar-refractivity contribution is 0.0907. The van der Waals surface area contributed by atoms with E-state index in [-0.39, 0.29) is 0 Å². The Morgan fingerprint density at radius 1 is 1.42 bits per heavy atom. The average molecular weight is 262 g/mol. The predicted molar refractivity (Wildman–Crippen MR) is 80.8 cm³/mol. The maximum atomic E-state index is 5.27. The van der Waals surface area contributed by atoms with Crippen LogP contribution in [-0.4, -0.2) is 43.8 Å². The van der Waals surface area contributed by atoms with Crippen LogP contribution in [0.3, 0.4) is 0 Å². The monoisotopic (exact) mass is 262 g/mol. The van der Waals surface area contributed by atoms with E-state index in [1.54, 1.807) is 7.11 Å². The van der Waals surface area contributed by atoms with Crippen molar-refractivity contribution in [1.82, 2.24) is 4.90 Å². The van der Waals surface area contributed by atoms with Gasteiger partial charge in [0.25, 0.3) is 0 Å². The first kappa shape index (κ1) is 14.4. The minimum Gasteiger partial charge on any atom is -0.383 e. The van der Waals surface area contributed by atoms with Crippen molar-refractivity contribution in [2.24, 2.45) is 0 Å². The summed E-state index contributed by atoms with van der Waals surface area (Å²) in [5.41, 5.74) is 2.74. The summed E-state index contributed by atoms with van der Waals surface area (Å²) in [6.07, 6.45) is 2.32. The molecule has 0 aliphatic carbocycles. The highest BCUT2D eigenvalue weighted by Gasteiger charge is 2.26. The predicted octanol–water partition coefficient (Wildman–Crippen LogP) is 2.77. The van der Waals surface area contributed by atoms with Crippen LogP contribution in [0.4, 0.5) is 5.69 Å². The van der Waals surface area contributed by atoms with Gasteiger partial charge in [-0.2, -0.15) is 0 Å².